The first-order valence-electron chi connectivity index (χ1n) is 8.48. The molecule has 26 heavy (non-hydrogen) atoms. The molecular weight excluding hydrogens is 373 g/mol. The number of nitrogens with two attached hydrogens (primary N) is 1. The average molecular weight is 394 g/mol. The third kappa shape index (κ3) is 4.00. The average Bonchev–Trinajstić information content (AvgIpc) is 2.62. The number of rotatable bonds is 4. The molecule has 2 aromatic rings. The van der Waals surface area contributed by atoms with Crippen LogP contribution in [0.5, 0.6) is 5.75 Å². The van der Waals surface area contributed by atoms with Gasteiger partial charge in [-0.25, -0.2) is 0 Å². The molecule has 0 unspecified atom stereocenters. The molecule has 0 aromatic heterocycles. The third-order valence-electron chi connectivity index (χ3n) is 4.43. The van der Waals surface area contributed by atoms with Crippen molar-refractivity contribution in [3.63, 3.8) is 0 Å². The van der Waals surface area contributed by atoms with Gasteiger partial charge >= 0.3 is 0 Å². The molecule has 0 bridgehead atoms. The van der Waals surface area contributed by atoms with Crippen LogP contribution in [-0.4, -0.2) is 26.1 Å². The molecule has 3 N–H and O–H groups in total. The summed E-state index contributed by atoms with van der Waals surface area (Å²) in [5.74, 6) is 0.0446. The van der Waals surface area contributed by atoms with Gasteiger partial charge in [0.15, 0.2) is 5.75 Å². The first-order valence-corrected chi connectivity index (χ1v) is 9.24. The van der Waals surface area contributed by atoms with Crippen molar-refractivity contribution in [3.05, 3.63) is 45.9 Å². The molecule has 138 valence electrons. The van der Waals surface area contributed by atoms with Crippen molar-refractivity contribution in [2.75, 3.05) is 36.1 Å². The van der Waals surface area contributed by atoms with Gasteiger partial charge in [0.1, 0.15) is 0 Å². The molecule has 0 aliphatic carbocycles. The molecule has 0 saturated carbocycles. The van der Waals surface area contributed by atoms with E-state index >= 15 is 0 Å². The number of hydrogen-bond donors (Lipinski definition) is 2. The summed E-state index contributed by atoms with van der Waals surface area (Å²) in [6, 6.07) is 8.64. The van der Waals surface area contributed by atoms with E-state index in [1.54, 1.807) is 6.07 Å². The molecule has 1 aliphatic rings. The van der Waals surface area contributed by atoms with Crippen LogP contribution in [0, 0.1) is 0 Å². The molecule has 2 aromatic carbocycles. The molecule has 0 atom stereocenters. The molecule has 1 aliphatic heterocycles. The summed E-state index contributed by atoms with van der Waals surface area (Å²) in [5, 5.41) is 3.51. The summed E-state index contributed by atoms with van der Waals surface area (Å²) < 4.78 is 5.12. The Kier molecular flexibility index (Phi) is 5.79. The van der Waals surface area contributed by atoms with Crippen LogP contribution < -0.4 is 20.7 Å². The quantitative estimate of drug-likeness (QED) is 0.730. The SMILES string of the molecule is COc1c(Cl)cc(C(=O)Nc2cc(N)ccc2N2CCCCC2)cc1Cl. The van der Waals surface area contributed by atoms with E-state index in [0.717, 1.165) is 31.6 Å². The number of carbonyl (C=O) groups excluding carboxylic acids is 1. The van der Waals surface area contributed by atoms with Crippen LogP contribution in [0.25, 0.3) is 0 Å². The fraction of sp³-hybridized carbons (Fsp3) is 0.316. The number of nitrogens with zero attached hydrogens (tertiary/aromatic N) is 1. The molecule has 1 heterocycles. The minimum Gasteiger partial charge on any atom is -0.494 e. The fourth-order valence-electron chi connectivity index (χ4n) is 3.14. The number of amides is 1. The number of nitrogens with one attached hydrogen (secondary N) is 1. The molecule has 0 radical (unpaired) electrons. The van der Waals surface area contributed by atoms with Crippen LogP contribution in [-0.2, 0) is 0 Å². The maximum atomic E-state index is 12.7. The van der Waals surface area contributed by atoms with Gasteiger partial charge in [-0.2, -0.15) is 0 Å². The van der Waals surface area contributed by atoms with E-state index in [4.69, 9.17) is 33.7 Å². The van der Waals surface area contributed by atoms with Crippen molar-refractivity contribution in [3.8, 4) is 5.75 Å². The Bertz CT molecular complexity index is 797. The zero-order chi connectivity index (χ0) is 18.7. The second-order valence-corrected chi connectivity index (χ2v) is 7.07. The standard InChI is InChI=1S/C19H21Cl2N3O2/c1-26-18-14(20)9-12(10-15(18)21)19(25)23-16-11-13(22)5-6-17(16)24-7-3-2-4-8-24/h5-6,9-11H,2-4,7-8,22H2,1H3,(H,23,25). The van der Waals surface area contributed by atoms with Gasteiger partial charge in [0.2, 0.25) is 0 Å². The Hall–Kier alpha value is -2.11. The molecule has 3 rings (SSSR count). The van der Waals surface area contributed by atoms with E-state index in [2.05, 4.69) is 10.2 Å². The lowest BCUT2D eigenvalue weighted by atomic mass is 10.1. The lowest BCUT2D eigenvalue weighted by molar-refractivity contribution is 0.102. The predicted octanol–water partition coefficient (Wildman–Crippen LogP) is 4.83. The van der Waals surface area contributed by atoms with Gasteiger partial charge < -0.3 is 20.7 Å². The van der Waals surface area contributed by atoms with E-state index in [-0.39, 0.29) is 16.0 Å². The van der Waals surface area contributed by atoms with Crippen molar-refractivity contribution in [1.29, 1.82) is 0 Å². The first-order chi connectivity index (χ1) is 12.5. The maximum Gasteiger partial charge on any atom is 0.255 e. The molecule has 5 nitrogen and oxygen atoms in total. The number of benzene rings is 2. The highest BCUT2D eigenvalue weighted by molar-refractivity contribution is 6.37. The van der Waals surface area contributed by atoms with Crippen LogP contribution in [0.4, 0.5) is 17.1 Å². The molecular formula is C19H21Cl2N3O2. The van der Waals surface area contributed by atoms with Crippen molar-refractivity contribution in [2.45, 2.75) is 19.3 Å². The molecule has 7 heteroatoms. The molecule has 1 amide bonds. The molecule has 1 fully saturated rings. The Morgan fingerprint density at radius 1 is 1.12 bits per heavy atom. The van der Waals surface area contributed by atoms with Crippen molar-refractivity contribution < 1.29 is 9.53 Å². The van der Waals surface area contributed by atoms with Gasteiger partial charge in [0, 0.05) is 24.3 Å². The lowest BCUT2D eigenvalue weighted by Crippen LogP contribution is -2.30. The summed E-state index contributed by atoms with van der Waals surface area (Å²) in [7, 11) is 1.48. The summed E-state index contributed by atoms with van der Waals surface area (Å²) in [4.78, 5) is 15.0. The summed E-state index contributed by atoms with van der Waals surface area (Å²) in [6.45, 7) is 1.93. The fourth-order valence-corrected chi connectivity index (χ4v) is 3.79. The van der Waals surface area contributed by atoms with Crippen molar-refractivity contribution >= 4 is 46.2 Å². The zero-order valence-corrected chi connectivity index (χ0v) is 16.0. The topological polar surface area (TPSA) is 67.6 Å². The van der Waals surface area contributed by atoms with Gasteiger partial charge in [-0.15, -0.1) is 0 Å². The number of anilines is 3. The van der Waals surface area contributed by atoms with E-state index in [1.807, 2.05) is 12.1 Å². The van der Waals surface area contributed by atoms with Gasteiger partial charge in [0.25, 0.3) is 5.91 Å². The highest BCUT2D eigenvalue weighted by atomic mass is 35.5. The lowest BCUT2D eigenvalue weighted by Gasteiger charge is -2.30. The van der Waals surface area contributed by atoms with E-state index in [1.165, 1.54) is 25.7 Å². The van der Waals surface area contributed by atoms with Crippen molar-refractivity contribution in [1.82, 2.24) is 0 Å². The predicted molar refractivity (Wildman–Crippen MR) is 108 cm³/mol. The number of piperidine rings is 1. The van der Waals surface area contributed by atoms with E-state index in [0.29, 0.717) is 22.7 Å². The monoisotopic (exact) mass is 393 g/mol. The number of ether oxygens (including phenoxy) is 1. The normalized spacial score (nSPS) is 14.2. The highest BCUT2D eigenvalue weighted by Gasteiger charge is 2.18. The van der Waals surface area contributed by atoms with Crippen LogP contribution in [0.2, 0.25) is 10.0 Å². The third-order valence-corrected chi connectivity index (χ3v) is 4.99. The van der Waals surface area contributed by atoms with Gasteiger partial charge in [-0.1, -0.05) is 23.2 Å². The summed E-state index contributed by atoms with van der Waals surface area (Å²) >= 11 is 12.3. The number of hydrogen-bond acceptors (Lipinski definition) is 4. The Morgan fingerprint density at radius 2 is 1.77 bits per heavy atom. The van der Waals surface area contributed by atoms with Gasteiger partial charge in [-0.3, -0.25) is 4.79 Å². The van der Waals surface area contributed by atoms with E-state index in [9.17, 15) is 4.79 Å². The molecule has 1 saturated heterocycles. The second kappa shape index (κ2) is 8.06. The van der Waals surface area contributed by atoms with Gasteiger partial charge in [-0.05, 0) is 49.6 Å². The Morgan fingerprint density at radius 3 is 2.38 bits per heavy atom. The number of methoxy groups -OCH3 is 1. The summed E-state index contributed by atoms with van der Waals surface area (Å²) in [5.41, 5.74) is 8.52. The number of carbonyl (C=O) groups is 1. The maximum absolute atomic E-state index is 12.7. The van der Waals surface area contributed by atoms with Crippen molar-refractivity contribution in [2.24, 2.45) is 0 Å². The van der Waals surface area contributed by atoms with Crippen LogP contribution in [0.15, 0.2) is 30.3 Å². The van der Waals surface area contributed by atoms with Gasteiger partial charge in [0.05, 0.1) is 28.5 Å². The second-order valence-electron chi connectivity index (χ2n) is 6.25. The first kappa shape index (κ1) is 18.7. The Balaban J connectivity index is 1.88. The minimum absolute atomic E-state index is 0.286. The Labute approximate surface area is 163 Å². The summed E-state index contributed by atoms with van der Waals surface area (Å²) in [6.07, 6.45) is 3.51. The van der Waals surface area contributed by atoms with Crippen LogP contribution in [0.1, 0.15) is 29.6 Å². The largest absolute Gasteiger partial charge is 0.494 e. The number of nitrogen functional groups attached to an aromatic ring is 1. The molecule has 0 spiro atoms. The van der Waals surface area contributed by atoms with E-state index < -0.39 is 0 Å². The van der Waals surface area contributed by atoms with Crippen LogP contribution in [0.3, 0.4) is 0 Å². The minimum atomic E-state index is -0.305. The van der Waals surface area contributed by atoms with Crippen LogP contribution >= 0.6 is 23.2 Å². The highest BCUT2D eigenvalue weighted by Crippen LogP contribution is 2.35. The number of halogens is 2. The smallest absolute Gasteiger partial charge is 0.255 e. The zero-order valence-electron chi connectivity index (χ0n) is 14.5.